The molecule has 9 aromatic rings. The van der Waals surface area contributed by atoms with E-state index in [9.17, 15) is 0 Å². The Morgan fingerprint density at radius 1 is 0.378 bits per heavy atom. The molecule has 2 aromatic heterocycles. The van der Waals surface area contributed by atoms with Crippen LogP contribution in [-0.2, 0) is 0 Å². The maximum Gasteiger partial charge on any atom is 0.167 e. The maximum atomic E-state index is 6.76. The van der Waals surface area contributed by atoms with Crippen LogP contribution >= 0.6 is 0 Å². The average Bonchev–Trinajstić information content (AvgIpc) is 3.49. The van der Waals surface area contributed by atoms with Crippen LogP contribution in [0.2, 0.25) is 0 Å². The second-order valence-electron chi connectivity index (χ2n) is 11.3. The van der Waals surface area contributed by atoms with Crippen molar-refractivity contribution in [2.75, 3.05) is 0 Å². The Bertz CT molecular complexity index is 2540. The zero-order chi connectivity index (χ0) is 29.7. The lowest BCUT2D eigenvalue weighted by Gasteiger charge is -2.11. The van der Waals surface area contributed by atoms with Crippen molar-refractivity contribution in [3.05, 3.63) is 152 Å². The summed E-state index contributed by atoms with van der Waals surface area (Å²) in [4.78, 5) is 15.1. The molecule has 4 heteroatoms. The fraction of sp³-hybridized carbons (Fsp3) is 0. The van der Waals surface area contributed by atoms with E-state index in [4.69, 9.17) is 19.4 Å². The van der Waals surface area contributed by atoms with E-state index in [0.29, 0.717) is 17.5 Å². The lowest BCUT2D eigenvalue weighted by Crippen LogP contribution is -2.00. The molecule has 0 unspecified atom stereocenters. The minimum Gasteiger partial charge on any atom is -0.455 e. The van der Waals surface area contributed by atoms with Crippen LogP contribution in [0.1, 0.15) is 0 Å². The Labute approximate surface area is 259 Å². The first-order valence-electron chi connectivity index (χ1n) is 15.0. The van der Waals surface area contributed by atoms with Crippen LogP contribution in [0.4, 0.5) is 0 Å². The first-order chi connectivity index (χ1) is 22.3. The fourth-order valence-electron chi connectivity index (χ4n) is 6.27. The van der Waals surface area contributed by atoms with E-state index in [2.05, 4.69) is 115 Å². The summed E-state index contributed by atoms with van der Waals surface area (Å²) < 4.78 is 6.76. The predicted octanol–water partition coefficient (Wildman–Crippen LogP) is 10.7. The van der Waals surface area contributed by atoms with Crippen LogP contribution in [-0.4, -0.2) is 15.0 Å². The van der Waals surface area contributed by atoms with Gasteiger partial charge in [-0.05, 0) is 56.9 Å². The van der Waals surface area contributed by atoms with E-state index >= 15 is 0 Å². The van der Waals surface area contributed by atoms with Gasteiger partial charge in [-0.15, -0.1) is 0 Å². The van der Waals surface area contributed by atoms with Crippen molar-refractivity contribution in [1.82, 2.24) is 15.0 Å². The summed E-state index contributed by atoms with van der Waals surface area (Å²) in [7, 11) is 0. The molecule has 4 nitrogen and oxygen atoms in total. The number of nitrogens with zero attached hydrogens (tertiary/aromatic N) is 3. The molecule has 0 saturated heterocycles. The van der Waals surface area contributed by atoms with Crippen molar-refractivity contribution in [1.29, 1.82) is 0 Å². The van der Waals surface area contributed by atoms with Gasteiger partial charge in [0.05, 0.1) is 5.56 Å². The highest BCUT2D eigenvalue weighted by atomic mass is 16.3. The summed E-state index contributed by atoms with van der Waals surface area (Å²) in [6.45, 7) is 0. The highest BCUT2D eigenvalue weighted by molar-refractivity contribution is 6.18. The molecule has 0 aliphatic rings. The van der Waals surface area contributed by atoms with Gasteiger partial charge in [-0.1, -0.05) is 127 Å². The third-order valence-corrected chi connectivity index (χ3v) is 8.49. The molecule has 45 heavy (non-hydrogen) atoms. The first-order valence-corrected chi connectivity index (χ1v) is 15.0. The van der Waals surface area contributed by atoms with Gasteiger partial charge in [-0.25, -0.2) is 15.0 Å². The smallest absolute Gasteiger partial charge is 0.167 e. The van der Waals surface area contributed by atoms with E-state index in [1.807, 2.05) is 36.4 Å². The molecule has 210 valence electrons. The molecule has 0 saturated carbocycles. The number of hydrogen-bond acceptors (Lipinski definition) is 4. The largest absolute Gasteiger partial charge is 0.455 e. The third kappa shape index (κ3) is 4.35. The van der Waals surface area contributed by atoms with Crippen LogP contribution in [0.3, 0.4) is 0 Å². The Balaban J connectivity index is 1.34. The monoisotopic (exact) mass is 575 g/mol. The Kier molecular flexibility index (Phi) is 5.78. The predicted molar refractivity (Wildman–Crippen MR) is 184 cm³/mol. The van der Waals surface area contributed by atoms with Gasteiger partial charge in [0.25, 0.3) is 0 Å². The van der Waals surface area contributed by atoms with Crippen LogP contribution in [0.15, 0.2) is 156 Å². The van der Waals surface area contributed by atoms with Crippen molar-refractivity contribution in [2.24, 2.45) is 0 Å². The molecule has 0 radical (unpaired) electrons. The Morgan fingerprint density at radius 3 is 1.67 bits per heavy atom. The zero-order valence-electron chi connectivity index (χ0n) is 24.2. The van der Waals surface area contributed by atoms with Gasteiger partial charge >= 0.3 is 0 Å². The van der Waals surface area contributed by atoms with E-state index in [-0.39, 0.29) is 0 Å². The summed E-state index contributed by atoms with van der Waals surface area (Å²) >= 11 is 0. The average molecular weight is 576 g/mol. The normalized spacial score (nSPS) is 11.6. The Hall–Kier alpha value is -6.13. The van der Waals surface area contributed by atoms with Crippen LogP contribution in [0, 0.1) is 0 Å². The second-order valence-corrected chi connectivity index (χ2v) is 11.3. The first kappa shape index (κ1) is 25.4. The Morgan fingerprint density at radius 2 is 0.933 bits per heavy atom. The summed E-state index contributed by atoms with van der Waals surface area (Å²) in [6.07, 6.45) is 0. The standard InChI is InChI=1S/C41H25N3O/c1-3-12-27(13-4-1)33-21-22-34(38-37(33)35-24-30-17-9-10-18-31(30)25-36(35)45-38)41-43-39(28-14-5-2-6-15-28)42-40(44-41)32-20-19-26-11-7-8-16-29(26)23-32/h1-25H. The number of benzene rings is 7. The van der Waals surface area contributed by atoms with E-state index < -0.39 is 0 Å². The van der Waals surface area contributed by atoms with Crippen molar-refractivity contribution < 1.29 is 4.42 Å². The second kappa shape index (κ2) is 10.2. The van der Waals surface area contributed by atoms with Gasteiger partial charge in [0, 0.05) is 21.9 Å². The minimum absolute atomic E-state index is 0.570. The molecule has 2 heterocycles. The zero-order valence-corrected chi connectivity index (χ0v) is 24.2. The molecule has 0 fully saturated rings. The van der Waals surface area contributed by atoms with Crippen LogP contribution in [0.5, 0.6) is 0 Å². The van der Waals surface area contributed by atoms with Crippen molar-refractivity contribution >= 4 is 43.5 Å². The summed E-state index contributed by atoms with van der Waals surface area (Å²) in [5, 5.41) is 6.73. The van der Waals surface area contributed by atoms with Gasteiger partial charge in [0.15, 0.2) is 17.5 Å². The highest BCUT2D eigenvalue weighted by Crippen LogP contribution is 2.42. The highest BCUT2D eigenvalue weighted by Gasteiger charge is 2.21. The molecular formula is C41H25N3O. The van der Waals surface area contributed by atoms with Gasteiger partial charge < -0.3 is 4.42 Å². The molecule has 0 amide bonds. The van der Waals surface area contributed by atoms with E-state index in [1.165, 1.54) is 10.8 Å². The molecular weight excluding hydrogens is 550 g/mol. The van der Waals surface area contributed by atoms with Gasteiger partial charge in [0.2, 0.25) is 0 Å². The molecule has 9 rings (SSSR count). The number of rotatable bonds is 4. The van der Waals surface area contributed by atoms with Crippen molar-refractivity contribution in [3.8, 4) is 45.3 Å². The SMILES string of the molecule is c1ccc(-c2nc(-c3ccc4ccccc4c3)nc(-c3ccc(-c4ccccc4)c4c3oc3cc5ccccc5cc34)n2)cc1. The summed E-state index contributed by atoms with van der Waals surface area (Å²) in [5.41, 5.74) is 6.51. The number of hydrogen-bond donors (Lipinski definition) is 0. The third-order valence-electron chi connectivity index (χ3n) is 8.49. The lowest BCUT2D eigenvalue weighted by molar-refractivity contribution is 0.670. The number of furan rings is 1. The molecule has 0 atom stereocenters. The van der Waals surface area contributed by atoms with E-state index in [0.717, 1.165) is 60.5 Å². The molecule has 7 aromatic carbocycles. The van der Waals surface area contributed by atoms with Crippen molar-refractivity contribution in [2.45, 2.75) is 0 Å². The molecule has 0 aliphatic carbocycles. The van der Waals surface area contributed by atoms with E-state index in [1.54, 1.807) is 0 Å². The number of fused-ring (bicyclic) bond motifs is 5. The van der Waals surface area contributed by atoms with Crippen LogP contribution < -0.4 is 0 Å². The molecule has 0 aliphatic heterocycles. The minimum atomic E-state index is 0.570. The molecule has 0 bridgehead atoms. The lowest BCUT2D eigenvalue weighted by atomic mass is 9.96. The van der Waals surface area contributed by atoms with Gasteiger partial charge in [-0.3, -0.25) is 0 Å². The van der Waals surface area contributed by atoms with Crippen molar-refractivity contribution in [3.63, 3.8) is 0 Å². The van der Waals surface area contributed by atoms with Gasteiger partial charge in [0.1, 0.15) is 11.2 Å². The number of aromatic nitrogens is 3. The molecule has 0 spiro atoms. The molecule has 0 N–H and O–H groups in total. The topological polar surface area (TPSA) is 51.8 Å². The fourth-order valence-corrected chi connectivity index (χ4v) is 6.27. The van der Waals surface area contributed by atoms with Gasteiger partial charge in [-0.2, -0.15) is 0 Å². The summed E-state index contributed by atoms with van der Waals surface area (Å²) in [5.74, 6) is 1.80. The van der Waals surface area contributed by atoms with Crippen LogP contribution in [0.25, 0.3) is 88.8 Å². The quantitative estimate of drug-likeness (QED) is 0.209. The summed E-state index contributed by atoms with van der Waals surface area (Å²) in [6, 6.07) is 52.2. The maximum absolute atomic E-state index is 6.76.